The van der Waals surface area contributed by atoms with Gasteiger partial charge >= 0.3 is 6.09 Å². The van der Waals surface area contributed by atoms with Gasteiger partial charge in [0.25, 0.3) is 11.8 Å². The first kappa shape index (κ1) is 22.1. The number of amides is 3. The average Bonchev–Trinajstić information content (AvgIpc) is 2.90. The van der Waals surface area contributed by atoms with Crippen LogP contribution in [-0.4, -0.2) is 52.1 Å². The van der Waals surface area contributed by atoms with Crippen LogP contribution in [0.25, 0.3) is 0 Å². The molecule has 1 aliphatic heterocycles. The van der Waals surface area contributed by atoms with Crippen molar-refractivity contribution >= 4 is 51.3 Å². The molecule has 30 heavy (non-hydrogen) atoms. The average molecular weight is 499 g/mol. The van der Waals surface area contributed by atoms with Crippen molar-refractivity contribution in [1.29, 1.82) is 0 Å². The Morgan fingerprint density at radius 2 is 2.07 bits per heavy atom. The molecule has 9 nitrogen and oxygen atoms in total. The summed E-state index contributed by atoms with van der Waals surface area (Å²) in [5, 5.41) is 12.2. The van der Waals surface area contributed by atoms with E-state index in [2.05, 4.69) is 36.8 Å². The van der Waals surface area contributed by atoms with Crippen LogP contribution < -0.4 is 15.4 Å². The number of H-pyrrole nitrogens is 1. The molecule has 1 saturated heterocycles. The fraction of sp³-hybridized carbons (Fsp3) is 0.368. The summed E-state index contributed by atoms with van der Waals surface area (Å²) in [6.45, 7) is 2.63. The number of aromatic amines is 1. The number of carbonyl (C=O) groups is 3. The van der Waals surface area contributed by atoms with Gasteiger partial charge in [0.15, 0.2) is 0 Å². The third kappa shape index (κ3) is 5.51. The van der Waals surface area contributed by atoms with Crippen molar-refractivity contribution in [3.8, 4) is 5.88 Å². The van der Waals surface area contributed by atoms with E-state index in [0.29, 0.717) is 23.7 Å². The van der Waals surface area contributed by atoms with Crippen molar-refractivity contribution in [2.75, 3.05) is 18.4 Å². The third-order valence-electron chi connectivity index (χ3n) is 4.66. The molecule has 1 aromatic carbocycles. The zero-order chi connectivity index (χ0) is 21.7. The molecule has 3 N–H and O–H groups in total. The van der Waals surface area contributed by atoms with E-state index in [1.54, 1.807) is 29.2 Å². The number of likely N-dealkylation sites (tertiary alicyclic amines) is 1. The summed E-state index contributed by atoms with van der Waals surface area (Å²) >= 11 is 9.30. The predicted molar refractivity (Wildman–Crippen MR) is 115 cm³/mol. The highest BCUT2D eigenvalue weighted by Gasteiger charge is 2.24. The van der Waals surface area contributed by atoms with Gasteiger partial charge in [0, 0.05) is 26.1 Å². The summed E-state index contributed by atoms with van der Waals surface area (Å²) in [5.74, 6) is -0.270. The number of anilines is 1. The van der Waals surface area contributed by atoms with Crippen LogP contribution in [0.3, 0.4) is 0 Å². The van der Waals surface area contributed by atoms with Crippen molar-refractivity contribution in [3.63, 3.8) is 0 Å². The molecule has 0 unspecified atom stereocenters. The first-order chi connectivity index (χ1) is 14.3. The van der Waals surface area contributed by atoms with Gasteiger partial charge in [-0.05, 0) is 47.3 Å². The summed E-state index contributed by atoms with van der Waals surface area (Å²) in [7, 11) is 0. The second-order valence-corrected chi connectivity index (χ2v) is 8.04. The minimum Gasteiger partial charge on any atom is -0.388 e. The van der Waals surface area contributed by atoms with Gasteiger partial charge in [-0.1, -0.05) is 23.7 Å². The number of benzene rings is 1. The Balaban J connectivity index is 1.60. The van der Waals surface area contributed by atoms with E-state index in [0.717, 1.165) is 19.3 Å². The standard InChI is InChI=1S/C19H21BrClN5O4/c1-11(27)26-9-5-4-6-12(10-26)22-19(29)30-18-15(20)16(24-25-18)23-17(28)13-7-2-3-8-14(13)21/h2-3,7-8,12H,4-6,9-10H2,1H3,(H,22,29)(H2,23,24,25,28)/t12-/m1/s1. The minimum atomic E-state index is -0.693. The molecule has 3 amide bonds. The second kappa shape index (κ2) is 9.94. The van der Waals surface area contributed by atoms with Gasteiger partial charge in [-0.15, -0.1) is 5.10 Å². The Morgan fingerprint density at radius 1 is 1.30 bits per heavy atom. The smallest absolute Gasteiger partial charge is 0.388 e. The van der Waals surface area contributed by atoms with Crippen LogP contribution in [-0.2, 0) is 4.79 Å². The molecule has 3 rings (SSSR count). The topological polar surface area (TPSA) is 116 Å². The fourth-order valence-electron chi connectivity index (χ4n) is 3.12. The molecule has 0 aliphatic carbocycles. The number of aromatic nitrogens is 2. The van der Waals surface area contributed by atoms with Crippen LogP contribution in [0.4, 0.5) is 10.6 Å². The lowest BCUT2D eigenvalue weighted by Gasteiger charge is -2.23. The Labute approximate surface area is 186 Å². The van der Waals surface area contributed by atoms with E-state index in [1.807, 2.05) is 0 Å². The Kier molecular flexibility index (Phi) is 7.33. The molecule has 2 aromatic rings. The lowest BCUT2D eigenvalue weighted by Crippen LogP contribution is -2.45. The van der Waals surface area contributed by atoms with E-state index in [-0.39, 0.29) is 28.1 Å². The molecule has 0 bridgehead atoms. The van der Waals surface area contributed by atoms with Crippen LogP contribution in [0.5, 0.6) is 5.88 Å². The number of hydrogen-bond acceptors (Lipinski definition) is 5. The highest BCUT2D eigenvalue weighted by molar-refractivity contribution is 9.10. The first-order valence-corrected chi connectivity index (χ1v) is 10.6. The Morgan fingerprint density at radius 3 is 2.80 bits per heavy atom. The maximum atomic E-state index is 12.4. The van der Waals surface area contributed by atoms with E-state index in [1.165, 1.54) is 6.92 Å². The number of ether oxygens (including phenoxy) is 1. The summed E-state index contributed by atoms with van der Waals surface area (Å²) < 4.78 is 5.54. The zero-order valence-corrected chi connectivity index (χ0v) is 18.5. The molecule has 0 radical (unpaired) electrons. The van der Waals surface area contributed by atoms with Gasteiger partial charge in [-0.3, -0.25) is 14.7 Å². The molecular weight excluding hydrogens is 478 g/mol. The van der Waals surface area contributed by atoms with Gasteiger partial charge in [0.05, 0.1) is 10.6 Å². The predicted octanol–water partition coefficient (Wildman–Crippen LogP) is 3.57. The molecular formula is C19H21BrClN5O4. The zero-order valence-electron chi connectivity index (χ0n) is 16.2. The SMILES string of the molecule is CC(=O)N1CCCC[C@@H](NC(=O)Oc2n[nH]c(NC(=O)c3ccccc3Cl)c2Br)C1. The highest BCUT2D eigenvalue weighted by atomic mass is 79.9. The fourth-order valence-corrected chi connectivity index (χ4v) is 3.70. The van der Waals surface area contributed by atoms with Crippen molar-refractivity contribution in [2.24, 2.45) is 0 Å². The van der Waals surface area contributed by atoms with Crippen molar-refractivity contribution in [1.82, 2.24) is 20.4 Å². The lowest BCUT2D eigenvalue weighted by atomic mass is 10.1. The monoisotopic (exact) mass is 497 g/mol. The largest absolute Gasteiger partial charge is 0.414 e. The summed E-state index contributed by atoms with van der Waals surface area (Å²) in [5.41, 5.74) is 0.296. The molecule has 1 aliphatic rings. The maximum absolute atomic E-state index is 12.4. The first-order valence-electron chi connectivity index (χ1n) is 9.38. The van der Waals surface area contributed by atoms with Gasteiger partial charge in [-0.2, -0.15) is 0 Å². The van der Waals surface area contributed by atoms with Crippen molar-refractivity contribution in [2.45, 2.75) is 32.2 Å². The second-order valence-electron chi connectivity index (χ2n) is 6.84. The number of hydrogen-bond donors (Lipinski definition) is 3. The summed E-state index contributed by atoms with van der Waals surface area (Å²) in [6, 6.07) is 6.41. The summed E-state index contributed by atoms with van der Waals surface area (Å²) in [6.07, 6.45) is 1.85. The molecule has 1 atom stereocenters. The van der Waals surface area contributed by atoms with Gasteiger partial charge in [0.1, 0.15) is 10.3 Å². The molecule has 0 saturated carbocycles. The van der Waals surface area contributed by atoms with Gasteiger partial charge in [-0.25, -0.2) is 4.79 Å². The van der Waals surface area contributed by atoms with Gasteiger partial charge < -0.3 is 20.3 Å². The lowest BCUT2D eigenvalue weighted by molar-refractivity contribution is -0.129. The van der Waals surface area contributed by atoms with Crippen LogP contribution >= 0.6 is 27.5 Å². The number of carbonyl (C=O) groups excluding carboxylic acids is 3. The number of halogens is 2. The molecule has 1 fully saturated rings. The highest BCUT2D eigenvalue weighted by Crippen LogP contribution is 2.30. The summed E-state index contributed by atoms with van der Waals surface area (Å²) in [4.78, 5) is 38.1. The van der Waals surface area contributed by atoms with Crippen molar-refractivity contribution in [3.05, 3.63) is 39.3 Å². The van der Waals surface area contributed by atoms with Gasteiger partial charge in [0.2, 0.25) is 5.91 Å². The van der Waals surface area contributed by atoms with Crippen LogP contribution in [0.15, 0.2) is 28.7 Å². The third-order valence-corrected chi connectivity index (χ3v) is 5.73. The van der Waals surface area contributed by atoms with Crippen molar-refractivity contribution < 1.29 is 19.1 Å². The molecule has 11 heteroatoms. The van der Waals surface area contributed by atoms with E-state index in [9.17, 15) is 14.4 Å². The van der Waals surface area contributed by atoms with Crippen LogP contribution in [0.2, 0.25) is 5.02 Å². The molecule has 2 heterocycles. The molecule has 160 valence electrons. The Bertz CT molecular complexity index is 951. The van der Waals surface area contributed by atoms with E-state index >= 15 is 0 Å². The van der Waals surface area contributed by atoms with E-state index in [4.69, 9.17) is 16.3 Å². The quantitative estimate of drug-likeness (QED) is 0.596. The molecule has 0 spiro atoms. The number of nitrogens with one attached hydrogen (secondary N) is 3. The maximum Gasteiger partial charge on any atom is 0.414 e. The minimum absolute atomic E-state index is 0.0222. The number of rotatable bonds is 4. The Hall–Kier alpha value is -2.59. The van der Waals surface area contributed by atoms with E-state index < -0.39 is 12.0 Å². The number of nitrogens with zero attached hydrogens (tertiary/aromatic N) is 2. The molecule has 1 aromatic heterocycles. The normalized spacial score (nSPS) is 16.5. The van der Waals surface area contributed by atoms with Crippen LogP contribution in [0, 0.1) is 0 Å². The van der Waals surface area contributed by atoms with Crippen LogP contribution in [0.1, 0.15) is 36.5 Å².